The van der Waals surface area contributed by atoms with E-state index in [1.54, 1.807) is 6.08 Å². The number of carbonyl (C=O) groups excluding carboxylic acids is 1. The fraction of sp³-hybridized carbons (Fsp3) is 0.364. The Balaban J connectivity index is 2.29. The Morgan fingerprint density at radius 1 is 0.917 bits per heavy atom. The summed E-state index contributed by atoms with van der Waals surface area (Å²) in [6.45, 7) is 0. The monoisotopic (exact) mass is 160 g/mol. The number of allylic oxidation sites excluding steroid dienone is 6. The van der Waals surface area contributed by atoms with Crippen LogP contribution in [0.15, 0.2) is 35.5 Å². The number of rotatable bonds is 0. The van der Waals surface area contributed by atoms with Gasteiger partial charge >= 0.3 is 0 Å². The highest BCUT2D eigenvalue weighted by molar-refractivity contribution is 5.91. The van der Waals surface area contributed by atoms with Crippen LogP contribution >= 0.6 is 0 Å². The van der Waals surface area contributed by atoms with E-state index in [0.29, 0.717) is 6.42 Å². The first-order valence-corrected chi connectivity index (χ1v) is 4.46. The highest BCUT2D eigenvalue weighted by Crippen LogP contribution is 2.25. The number of carbonyl (C=O) groups is 1. The van der Waals surface area contributed by atoms with Gasteiger partial charge in [-0.25, -0.2) is 0 Å². The number of ketones is 1. The van der Waals surface area contributed by atoms with Gasteiger partial charge in [0.25, 0.3) is 0 Å². The molecule has 0 aromatic heterocycles. The van der Waals surface area contributed by atoms with E-state index in [4.69, 9.17) is 0 Å². The van der Waals surface area contributed by atoms with Crippen molar-refractivity contribution in [3.63, 3.8) is 0 Å². The summed E-state index contributed by atoms with van der Waals surface area (Å²) in [4.78, 5) is 11.1. The second-order valence-corrected chi connectivity index (χ2v) is 3.29. The molecule has 0 unspecified atom stereocenters. The third-order valence-corrected chi connectivity index (χ3v) is 2.42. The molecule has 62 valence electrons. The van der Waals surface area contributed by atoms with Crippen LogP contribution in [-0.2, 0) is 4.79 Å². The molecule has 0 amide bonds. The summed E-state index contributed by atoms with van der Waals surface area (Å²) in [5.74, 6) is 0.262. The molecule has 1 heteroatoms. The molecule has 0 radical (unpaired) electrons. The molecule has 0 saturated carbocycles. The molecule has 1 nitrogen and oxygen atoms in total. The maximum Gasteiger partial charge on any atom is 0.156 e. The topological polar surface area (TPSA) is 17.1 Å². The Labute approximate surface area is 72.5 Å². The highest BCUT2D eigenvalue weighted by Gasteiger charge is 2.10. The van der Waals surface area contributed by atoms with Crippen molar-refractivity contribution in [2.24, 2.45) is 0 Å². The third kappa shape index (κ3) is 1.40. The van der Waals surface area contributed by atoms with E-state index in [2.05, 4.69) is 12.2 Å². The SMILES string of the molecule is O=C1C=CC2=C(C=CCC2)CC1. The van der Waals surface area contributed by atoms with Crippen LogP contribution in [0.2, 0.25) is 0 Å². The Morgan fingerprint density at radius 2 is 1.75 bits per heavy atom. The minimum atomic E-state index is 0.262. The van der Waals surface area contributed by atoms with Crippen molar-refractivity contribution >= 4 is 5.78 Å². The van der Waals surface area contributed by atoms with Crippen molar-refractivity contribution in [1.29, 1.82) is 0 Å². The summed E-state index contributed by atoms with van der Waals surface area (Å²) in [6.07, 6.45) is 11.9. The van der Waals surface area contributed by atoms with E-state index in [0.717, 1.165) is 19.3 Å². The van der Waals surface area contributed by atoms with Crippen LogP contribution < -0.4 is 0 Å². The third-order valence-electron chi connectivity index (χ3n) is 2.42. The second-order valence-electron chi connectivity index (χ2n) is 3.29. The van der Waals surface area contributed by atoms with Crippen LogP contribution in [0.5, 0.6) is 0 Å². The van der Waals surface area contributed by atoms with Gasteiger partial charge in [0.15, 0.2) is 5.78 Å². The van der Waals surface area contributed by atoms with E-state index in [9.17, 15) is 4.79 Å². The zero-order valence-electron chi connectivity index (χ0n) is 7.05. The molecule has 0 N–H and O–H groups in total. The van der Waals surface area contributed by atoms with Gasteiger partial charge in [0.05, 0.1) is 0 Å². The van der Waals surface area contributed by atoms with Gasteiger partial charge in [-0.05, 0) is 36.5 Å². The van der Waals surface area contributed by atoms with Gasteiger partial charge in [-0.3, -0.25) is 4.79 Å². The molecule has 0 heterocycles. The van der Waals surface area contributed by atoms with Crippen LogP contribution in [0.1, 0.15) is 25.7 Å². The molecule has 2 aliphatic rings. The quantitative estimate of drug-likeness (QED) is 0.532. The van der Waals surface area contributed by atoms with Crippen molar-refractivity contribution in [1.82, 2.24) is 0 Å². The highest BCUT2D eigenvalue weighted by atomic mass is 16.1. The lowest BCUT2D eigenvalue weighted by Crippen LogP contribution is -1.92. The van der Waals surface area contributed by atoms with E-state index in [1.165, 1.54) is 11.1 Å². The molecule has 12 heavy (non-hydrogen) atoms. The lowest BCUT2D eigenvalue weighted by Gasteiger charge is -2.10. The molecular weight excluding hydrogens is 148 g/mol. The average molecular weight is 160 g/mol. The number of hydrogen-bond donors (Lipinski definition) is 0. The molecule has 2 rings (SSSR count). The fourth-order valence-corrected chi connectivity index (χ4v) is 1.70. The Kier molecular flexibility index (Phi) is 1.94. The van der Waals surface area contributed by atoms with Gasteiger partial charge in [0, 0.05) is 6.42 Å². The van der Waals surface area contributed by atoms with Gasteiger partial charge in [0.1, 0.15) is 0 Å². The second kappa shape index (κ2) is 3.10. The summed E-state index contributed by atoms with van der Waals surface area (Å²) in [5, 5.41) is 0. The molecular formula is C11H12O. The van der Waals surface area contributed by atoms with E-state index in [-0.39, 0.29) is 5.78 Å². The normalized spacial score (nSPS) is 22.5. The van der Waals surface area contributed by atoms with Crippen molar-refractivity contribution in [3.05, 3.63) is 35.5 Å². The van der Waals surface area contributed by atoms with Crippen molar-refractivity contribution < 1.29 is 4.79 Å². The maximum atomic E-state index is 11.1. The molecule has 0 bridgehead atoms. The average Bonchev–Trinajstić information content (AvgIpc) is 2.29. The zero-order chi connectivity index (χ0) is 8.39. The summed E-state index contributed by atoms with van der Waals surface area (Å²) >= 11 is 0. The zero-order valence-corrected chi connectivity index (χ0v) is 7.05. The first-order valence-electron chi connectivity index (χ1n) is 4.46. The van der Waals surface area contributed by atoms with Crippen LogP contribution in [0.3, 0.4) is 0 Å². The predicted octanol–water partition coefficient (Wildman–Crippen LogP) is 2.55. The molecule has 2 aliphatic carbocycles. The van der Waals surface area contributed by atoms with Gasteiger partial charge in [-0.15, -0.1) is 0 Å². The lowest BCUT2D eigenvalue weighted by atomic mass is 9.96. The molecule has 0 saturated heterocycles. The minimum absolute atomic E-state index is 0.262. The van der Waals surface area contributed by atoms with Crippen LogP contribution in [0.25, 0.3) is 0 Å². The Morgan fingerprint density at radius 3 is 2.67 bits per heavy atom. The molecule has 0 fully saturated rings. The Hall–Kier alpha value is -1.11. The summed E-state index contributed by atoms with van der Waals surface area (Å²) in [6, 6.07) is 0. The van der Waals surface area contributed by atoms with Crippen molar-refractivity contribution in [2.45, 2.75) is 25.7 Å². The van der Waals surface area contributed by atoms with E-state index < -0.39 is 0 Å². The lowest BCUT2D eigenvalue weighted by molar-refractivity contribution is -0.114. The van der Waals surface area contributed by atoms with Crippen LogP contribution in [0, 0.1) is 0 Å². The van der Waals surface area contributed by atoms with Crippen molar-refractivity contribution in [3.8, 4) is 0 Å². The van der Waals surface area contributed by atoms with E-state index >= 15 is 0 Å². The van der Waals surface area contributed by atoms with Gasteiger partial charge < -0.3 is 0 Å². The van der Waals surface area contributed by atoms with Gasteiger partial charge in [-0.1, -0.05) is 18.2 Å². The molecule has 0 aromatic carbocycles. The van der Waals surface area contributed by atoms with Gasteiger partial charge in [-0.2, -0.15) is 0 Å². The first-order chi connectivity index (χ1) is 5.86. The minimum Gasteiger partial charge on any atom is -0.295 e. The largest absolute Gasteiger partial charge is 0.295 e. The predicted molar refractivity (Wildman–Crippen MR) is 48.8 cm³/mol. The van der Waals surface area contributed by atoms with Crippen molar-refractivity contribution in [2.75, 3.05) is 0 Å². The molecule has 0 aliphatic heterocycles. The Bertz CT molecular complexity index is 292. The first kappa shape index (κ1) is 7.53. The summed E-state index contributed by atoms with van der Waals surface area (Å²) in [7, 11) is 0. The summed E-state index contributed by atoms with van der Waals surface area (Å²) in [5.41, 5.74) is 2.73. The standard InChI is InChI=1S/C11H12O/c12-11-7-5-9-3-1-2-4-10(9)6-8-11/h1,3,6,8H,2,4-5,7H2. The maximum absolute atomic E-state index is 11.1. The smallest absolute Gasteiger partial charge is 0.156 e. The van der Waals surface area contributed by atoms with Gasteiger partial charge in [0.2, 0.25) is 0 Å². The van der Waals surface area contributed by atoms with Crippen LogP contribution in [0.4, 0.5) is 0 Å². The van der Waals surface area contributed by atoms with E-state index in [1.807, 2.05) is 6.08 Å². The van der Waals surface area contributed by atoms with Crippen LogP contribution in [-0.4, -0.2) is 5.78 Å². The summed E-state index contributed by atoms with van der Waals surface area (Å²) < 4.78 is 0. The molecule has 0 atom stereocenters. The molecule has 0 aromatic rings. The number of hydrogen-bond acceptors (Lipinski definition) is 1. The fourth-order valence-electron chi connectivity index (χ4n) is 1.70. The molecule has 0 spiro atoms.